The number of carboxylic acids is 1. The highest BCUT2D eigenvalue weighted by molar-refractivity contribution is 5.91. The zero-order chi connectivity index (χ0) is 21.7. The largest absolute Gasteiger partial charge is 0.480 e. The SMILES string of the molecule is CCCCCCCCCCCCCCC/C=C/C(=O)NC(CCC(N)=O)C(=O)O. The lowest BCUT2D eigenvalue weighted by Crippen LogP contribution is -2.40. The molecule has 6 nitrogen and oxygen atoms in total. The Kier molecular flexibility index (Phi) is 18.2. The van der Waals surface area contributed by atoms with Gasteiger partial charge in [0.15, 0.2) is 0 Å². The molecule has 0 spiro atoms. The molecule has 6 heteroatoms. The molecule has 0 saturated carbocycles. The van der Waals surface area contributed by atoms with Crippen LogP contribution in [-0.4, -0.2) is 28.9 Å². The lowest BCUT2D eigenvalue weighted by molar-refractivity contribution is -0.141. The van der Waals surface area contributed by atoms with Crippen molar-refractivity contribution in [3.63, 3.8) is 0 Å². The van der Waals surface area contributed by atoms with E-state index in [2.05, 4.69) is 12.2 Å². The van der Waals surface area contributed by atoms with Crippen LogP contribution in [0.15, 0.2) is 12.2 Å². The van der Waals surface area contributed by atoms with E-state index in [0.29, 0.717) is 0 Å². The van der Waals surface area contributed by atoms with Gasteiger partial charge in [0.05, 0.1) is 0 Å². The average molecular weight is 411 g/mol. The third kappa shape index (κ3) is 19.2. The highest BCUT2D eigenvalue weighted by Crippen LogP contribution is 2.13. The molecule has 0 aliphatic carbocycles. The number of nitrogens with one attached hydrogen (secondary N) is 1. The van der Waals surface area contributed by atoms with Crippen molar-refractivity contribution in [2.24, 2.45) is 5.73 Å². The van der Waals surface area contributed by atoms with E-state index in [4.69, 9.17) is 10.8 Å². The van der Waals surface area contributed by atoms with Crippen LogP contribution < -0.4 is 11.1 Å². The molecule has 29 heavy (non-hydrogen) atoms. The van der Waals surface area contributed by atoms with Crippen LogP contribution >= 0.6 is 0 Å². The molecule has 168 valence electrons. The van der Waals surface area contributed by atoms with Gasteiger partial charge in [-0.25, -0.2) is 4.79 Å². The van der Waals surface area contributed by atoms with Crippen LogP contribution in [0.1, 0.15) is 110 Å². The van der Waals surface area contributed by atoms with Gasteiger partial charge in [-0.2, -0.15) is 0 Å². The number of nitrogens with two attached hydrogens (primary N) is 1. The van der Waals surface area contributed by atoms with Gasteiger partial charge in [-0.1, -0.05) is 90.0 Å². The molecule has 0 radical (unpaired) electrons. The van der Waals surface area contributed by atoms with Crippen molar-refractivity contribution in [1.29, 1.82) is 0 Å². The molecular formula is C23H42N2O4. The molecule has 0 bridgehead atoms. The molecule has 0 aromatic heterocycles. The lowest BCUT2D eigenvalue weighted by Gasteiger charge is -2.11. The summed E-state index contributed by atoms with van der Waals surface area (Å²) >= 11 is 0. The first-order valence-corrected chi connectivity index (χ1v) is 11.5. The first kappa shape index (κ1) is 27.1. The van der Waals surface area contributed by atoms with Gasteiger partial charge >= 0.3 is 5.97 Å². The number of hydrogen-bond acceptors (Lipinski definition) is 3. The van der Waals surface area contributed by atoms with E-state index in [9.17, 15) is 14.4 Å². The number of carbonyl (C=O) groups excluding carboxylic acids is 2. The molecule has 0 saturated heterocycles. The van der Waals surface area contributed by atoms with Crippen molar-refractivity contribution in [2.45, 2.75) is 116 Å². The quantitative estimate of drug-likeness (QED) is 0.197. The number of hydrogen-bond donors (Lipinski definition) is 3. The zero-order valence-electron chi connectivity index (χ0n) is 18.3. The molecular weight excluding hydrogens is 368 g/mol. The predicted molar refractivity (Wildman–Crippen MR) is 117 cm³/mol. The van der Waals surface area contributed by atoms with Gasteiger partial charge in [0.25, 0.3) is 0 Å². The average Bonchev–Trinajstić information content (AvgIpc) is 2.67. The Morgan fingerprint density at radius 2 is 1.34 bits per heavy atom. The molecule has 0 aliphatic rings. The van der Waals surface area contributed by atoms with Crippen LogP contribution in [-0.2, 0) is 14.4 Å². The van der Waals surface area contributed by atoms with Crippen molar-refractivity contribution in [3.05, 3.63) is 12.2 Å². The molecule has 2 amide bonds. The molecule has 1 unspecified atom stereocenters. The molecule has 0 aromatic rings. The van der Waals surface area contributed by atoms with Gasteiger partial charge in [0.2, 0.25) is 11.8 Å². The minimum atomic E-state index is -1.16. The molecule has 1 atom stereocenters. The lowest BCUT2D eigenvalue weighted by atomic mass is 10.0. The second kappa shape index (κ2) is 19.5. The normalized spacial score (nSPS) is 12.2. The topological polar surface area (TPSA) is 109 Å². The zero-order valence-corrected chi connectivity index (χ0v) is 18.3. The van der Waals surface area contributed by atoms with Crippen LogP contribution in [0.5, 0.6) is 0 Å². The van der Waals surface area contributed by atoms with Gasteiger partial charge in [0, 0.05) is 6.42 Å². The summed E-state index contributed by atoms with van der Waals surface area (Å²) in [4.78, 5) is 33.6. The smallest absolute Gasteiger partial charge is 0.326 e. The van der Waals surface area contributed by atoms with E-state index in [1.54, 1.807) is 6.08 Å². The van der Waals surface area contributed by atoms with Crippen molar-refractivity contribution < 1.29 is 19.5 Å². The van der Waals surface area contributed by atoms with Gasteiger partial charge in [-0.3, -0.25) is 9.59 Å². The van der Waals surface area contributed by atoms with E-state index in [1.165, 1.54) is 76.7 Å². The number of aliphatic carboxylic acids is 1. The van der Waals surface area contributed by atoms with Gasteiger partial charge in [0.1, 0.15) is 6.04 Å². The van der Waals surface area contributed by atoms with Crippen molar-refractivity contribution >= 4 is 17.8 Å². The summed E-state index contributed by atoms with van der Waals surface area (Å²) in [6.07, 6.45) is 20.8. The van der Waals surface area contributed by atoms with Crippen LogP contribution in [0.4, 0.5) is 0 Å². The molecule has 0 rings (SSSR count). The number of rotatable bonds is 20. The van der Waals surface area contributed by atoms with E-state index in [0.717, 1.165) is 19.3 Å². The summed E-state index contributed by atoms with van der Waals surface area (Å²) in [7, 11) is 0. The first-order chi connectivity index (χ1) is 14.0. The monoisotopic (exact) mass is 410 g/mol. The highest BCUT2D eigenvalue weighted by Gasteiger charge is 2.19. The maximum atomic E-state index is 11.8. The Balaban J connectivity index is 3.57. The molecule has 0 fully saturated rings. The summed E-state index contributed by atoms with van der Waals surface area (Å²) in [5.74, 6) is -2.19. The number of primary amides is 1. The maximum Gasteiger partial charge on any atom is 0.326 e. The highest BCUT2D eigenvalue weighted by atomic mass is 16.4. The van der Waals surface area contributed by atoms with Crippen LogP contribution in [0.2, 0.25) is 0 Å². The summed E-state index contributed by atoms with van der Waals surface area (Å²) in [5.41, 5.74) is 5.01. The fraction of sp³-hybridized carbons (Fsp3) is 0.783. The Labute approximate surface area is 176 Å². The van der Waals surface area contributed by atoms with Crippen molar-refractivity contribution in [1.82, 2.24) is 5.32 Å². The fourth-order valence-corrected chi connectivity index (χ4v) is 3.23. The second-order valence-electron chi connectivity index (χ2n) is 7.84. The summed E-state index contributed by atoms with van der Waals surface area (Å²) in [6, 6.07) is -1.09. The van der Waals surface area contributed by atoms with Crippen molar-refractivity contribution in [3.8, 4) is 0 Å². The first-order valence-electron chi connectivity index (χ1n) is 11.5. The minimum absolute atomic E-state index is 0.00308. The van der Waals surface area contributed by atoms with Gasteiger partial charge in [-0.15, -0.1) is 0 Å². The van der Waals surface area contributed by atoms with E-state index in [1.807, 2.05) is 0 Å². The Bertz CT molecular complexity index is 477. The third-order valence-corrected chi connectivity index (χ3v) is 5.04. The molecule has 0 aromatic carbocycles. The number of carboxylic acid groups (broad SMARTS) is 1. The minimum Gasteiger partial charge on any atom is -0.480 e. The third-order valence-electron chi connectivity index (χ3n) is 5.04. The standard InChI is InChI=1S/C23H42N2O4/c1-2-3-4-5-6-7-8-9-10-11-12-13-14-15-16-17-22(27)25-20(23(28)29)18-19-21(24)26/h16-17,20H,2-15,18-19H2,1H3,(H2,24,26)(H,25,27)(H,28,29)/b17-16+. The van der Waals surface area contributed by atoms with E-state index in [-0.39, 0.29) is 12.8 Å². The number of allylic oxidation sites excluding steroid dienone is 1. The van der Waals surface area contributed by atoms with Gasteiger partial charge in [-0.05, 0) is 25.3 Å². The number of amides is 2. The molecule has 0 aliphatic heterocycles. The fourth-order valence-electron chi connectivity index (χ4n) is 3.23. The van der Waals surface area contributed by atoms with Gasteiger partial charge < -0.3 is 16.2 Å². The van der Waals surface area contributed by atoms with E-state index < -0.39 is 23.8 Å². The summed E-state index contributed by atoms with van der Waals surface area (Å²) in [6.45, 7) is 2.25. The van der Waals surface area contributed by atoms with Crippen molar-refractivity contribution in [2.75, 3.05) is 0 Å². The Morgan fingerprint density at radius 3 is 1.79 bits per heavy atom. The van der Waals surface area contributed by atoms with E-state index >= 15 is 0 Å². The summed E-state index contributed by atoms with van der Waals surface area (Å²) < 4.78 is 0. The van der Waals surface area contributed by atoms with Crippen LogP contribution in [0.25, 0.3) is 0 Å². The number of carbonyl (C=O) groups is 3. The van der Waals surface area contributed by atoms with Crippen LogP contribution in [0.3, 0.4) is 0 Å². The predicted octanol–water partition coefficient (Wildman–Crippen LogP) is 4.86. The Morgan fingerprint density at radius 1 is 0.862 bits per heavy atom. The van der Waals surface area contributed by atoms with Crippen LogP contribution in [0, 0.1) is 0 Å². The number of unbranched alkanes of at least 4 members (excludes halogenated alkanes) is 13. The molecule has 0 heterocycles. The summed E-state index contributed by atoms with van der Waals surface area (Å²) in [5, 5.41) is 11.4. The Hall–Kier alpha value is -1.85. The second-order valence-corrected chi connectivity index (χ2v) is 7.84. The molecule has 4 N–H and O–H groups in total. The maximum absolute atomic E-state index is 11.8.